The van der Waals surface area contributed by atoms with Gasteiger partial charge in [-0.15, -0.1) is 0 Å². The van der Waals surface area contributed by atoms with Gasteiger partial charge in [-0.3, -0.25) is 9.69 Å². The molecule has 1 atom stereocenters. The molecule has 4 rings (SSSR count). The lowest BCUT2D eigenvalue weighted by Crippen LogP contribution is -2.48. The maximum absolute atomic E-state index is 13.7. The number of nitrogens with zero attached hydrogens (tertiary/aromatic N) is 3. The molecule has 7 nitrogen and oxygen atoms in total. The Kier molecular flexibility index (Phi) is 6.67. The van der Waals surface area contributed by atoms with Gasteiger partial charge in [0.2, 0.25) is 0 Å². The van der Waals surface area contributed by atoms with Gasteiger partial charge in [0.15, 0.2) is 0 Å². The third-order valence-corrected chi connectivity index (χ3v) is 6.34. The Morgan fingerprint density at radius 1 is 1.12 bits per heavy atom. The van der Waals surface area contributed by atoms with Gasteiger partial charge in [-0.05, 0) is 49.4 Å². The Morgan fingerprint density at radius 2 is 1.84 bits per heavy atom. The van der Waals surface area contributed by atoms with Gasteiger partial charge in [-0.2, -0.15) is 0 Å². The van der Waals surface area contributed by atoms with Crippen molar-refractivity contribution in [1.29, 1.82) is 0 Å². The zero-order chi connectivity index (χ0) is 22.7. The van der Waals surface area contributed by atoms with Gasteiger partial charge in [0, 0.05) is 31.9 Å². The van der Waals surface area contributed by atoms with Crippen LogP contribution in [-0.4, -0.2) is 59.3 Å². The number of aromatic hydroxyl groups is 1. The fraction of sp³-hybridized carbons (Fsp3) is 0.400. The predicted molar refractivity (Wildman–Crippen MR) is 123 cm³/mol. The molecule has 1 N–H and O–H groups in total. The summed E-state index contributed by atoms with van der Waals surface area (Å²) in [5, 5.41) is 11.0. The molecule has 2 aromatic heterocycles. The van der Waals surface area contributed by atoms with Crippen molar-refractivity contribution in [2.24, 2.45) is 0 Å². The van der Waals surface area contributed by atoms with Crippen molar-refractivity contribution in [3.05, 3.63) is 81.7 Å². The number of methoxy groups -OCH3 is 1. The first-order chi connectivity index (χ1) is 15.5. The quantitative estimate of drug-likeness (QED) is 0.612. The first-order valence-corrected chi connectivity index (χ1v) is 11.1. The highest BCUT2D eigenvalue weighted by Crippen LogP contribution is 2.34. The van der Waals surface area contributed by atoms with Crippen molar-refractivity contribution in [3.63, 3.8) is 0 Å². The summed E-state index contributed by atoms with van der Waals surface area (Å²) in [5.41, 5.74) is 1.85. The number of aromatic nitrogens is 1. The molecule has 1 aromatic carbocycles. The number of piperazine rings is 1. The van der Waals surface area contributed by atoms with E-state index in [1.807, 2.05) is 43.3 Å². The van der Waals surface area contributed by atoms with Crippen molar-refractivity contribution in [1.82, 2.24) is 14.4 Å². The van der Waals surface area contributed by atoms with E-state index in [0.717, 1.165) is 44.0 Å². The largest absolute Gasteiger partial charge is 0.507 e. The van der Waals surface area contributed by atoms with Crippen molar-refractivity contribution in [2.45, 2.75) is 26.4 Å². The van der Waals surface area contributed by atoms with Crippen LogP contribution < -0.4 is 10.3 Å². The summed E-state index contributed by atoms with van der Waals surface area (Å²) in [6, 6.07) is 12.7. The fourth-order valence-electron chi connectivity index (χ4n) is 4.46. The van der Waals surface area contributed by atoms with Crippen LogP contribution in [0.15, 0.2) is 57.9 Å². The lowest BCUT2D eigenvalue weighted by atomic mass is 9.95. The van der Waals surface area contributed by atoms with E-state index >= 15 is 0 Å². The number of furan rings is 1. The maximum Gasteiger partial charge on any atom is 0.260 e. The highest BCUT2D eigenvalue weighted by atomic mass is 16.5. The van der Waals surface area contributed by atoms with Crippen molar-refractivity contribution >= 4 is 0 Å². The smallest absolute Gasteiger partial charge is 0.260 e. The van der Waals surface area contributed by atoms with Gasteiger partial charge in [-0.25, -0.2) is 0 Å². The summed E-state index contributed by atoms with van der Waals surface area (Å²) in [4.78, 5) is 18.4. The first-order valence-electron chi connectivity index (χ1n) is 11.1. The molecule has 3 heterocycles. The summed E-state index contributed by atoms with van der Waals surface area (Å²) in [5.74, 6) is 1.48. The molecule has 0 amide bonds. The van der Waals surface area contributed by atoms with E-state index in [1.165, 1.54) is 0 Å². The molecule has 1 aliphatic rings. The molecule has 0 unspecified atom stereocenters. The standard InChI is InChI=1S/C25H31N3O4/c1-4-26-11-13-27(14-12-26)24(19-7-9-20(31-3)10-8-19)23-22(29)16-18(2)28(25(23)30)17-21-6-5-15-32-21/h5-10,15-16,24,29H,4,11-14,17H2,1-3H3/t24-/m1/s1. The molecule has 1 fully saturated rings. The van der Waals surface area contributed by atoms with Crippen LogP contribution in [0.1, 0.15) is 35.5 Å². The molecule has 0 spiro atoms. The molecule has 170 valence electrons. The van der Waals surface area contributed by atoms with E-state index in [-0.39, 0.29) is 17.4 Å². The molecule has 7 heteroatoms. The molecule has 1 saturated heterocycles. The third kappa shape index (κ3) is 4.45. The normalized spacial score (nSPS) is 16.2. The molecule has 32 heavy (non-hydrogen) atoms. The van der Waals surface area contributed by atoms with Crippen molar-refractivity contribution < 1.29 is 14.3 Å². The summed E-state index contributed by atoms with van der Waals surface area (Å²) >= 11 is 0. The van der Waals surface area contributed by atoms with E-state index in [9.17, 15) is 9.90 Å². The highest BCUT2D eigenvalue weighted by Gasteiger charge is 2.31. The monoisotopic (exact) mass is 437 g/mol. The Bertz CT molecular complexity index is 1080. The van der Waals surface area contributed by atoms with Crippen LogP contribution in [0.25, 0.3) is 0 Å². The number of rotatable bonds is 7. The second-order valence-corrected chi connectivity index (χ2v) is 8.20. The average Bonchev–Trinajstić information content (AvgIpc) is 3.33. The second kappa shape index (κ2) is 9.63. The van der Waals surface area contributed by atoms with Gasteiger partial charge < -0.3 is 23.7 Å². The van der Waals surface area contributed by atoms with Crippen LogP contribution in [0.5, 0.6) is 11.5 Å². The summed E-state index contributed by atoms with van der Waals surface area (Å²) in [6.45, 7) is 8.81. The number of likely N-dealkylation sites (N-methyl/N-ethyl adjacent to an activating group) is 1. The fourth-order valence-corrected chi connectivity index (χ4v) is 4.46. The van der Waals surface area contributed by atoms with Crippen LogP contribution in [0.3, 0.4) is 0 Å². The lowest BCUT2D eigenvalue weighted by Gasteiger charge is -2.39. The molecular formula is C25H31N3O4. The Labute approximate surface area is 188 Å². The summed E-state index contributed by atoms with van der Waals surface area (Å²) in [6.07, 6.45) is 1.60. The van der Waals surface area contributed by atoms with Crippen LogP contribution in [0, 0.1) is 6.92 Å². The van der Waals surface area contributed by atoms with E-state index < -0.39 is 0 Å². The van der Waals surface area contributed by atoms with Gasteiger partial charge in [0.1, 0.15) is 17.3 Å². The molecule has 0 aliphatic carbocycles. The SMILES string of the molecule is CCN1CCN([C@H](c2ccc(OC)cc2)c2c(O)cc(C)n(Cc3ccco3)c2=O)CC1. The molecule has 0 bridgehead atoms. The second-order valence-electron chi connectivity index (χ2n) is 8.20. The Morgan fingerprint density at radius 3 is 2.44 bits per heavy atom. The number of aryl methyl sites for hydroxylation is 1. The lowest BCUT2D eigenvalue weighted by molar-refractivity contribution is 0.111. The van der Waals surface area contributed by atoms with Gasteiger partial charge in [0.05, 0.1) is 31.5 Å². The molecule has 3 aromatic rings. The predicted octanol–water partition coefficient (Wildman–Crippen LogP) is 3.24. The van der Waals surface area contributed by atoms with Gasteiger partial charge in [0.25, 0.3) is 5.56 Å². The average molecular weight is 438 g/mol. The molecule has 0 radical (unpaired) electrons. The summed E-state index contributed by atoms with van der Waals surface area (Å²) in [7, 11) is 1.63. The number of hydrogen-bond donors (Lipinski definition) is 1. The highest BCUT2D eigenvalue weighted by molar-refractivity contribution is 5.42. The van der Waals surface area contributed by atoms with Crippen molar-refractivity contribution in [3.8, 4) is 11.5 Å². The Balaban J connectivity index is 1.80. The number of pyridine rings is 1. The van der Waals surface area contributed by atoms with Crippen LogP contribution in [0.2, 0.25) is 0 Å². The Hall–Kier alpha value is -3.03. The van der Waals surface area contributed by atoms with E-state index in [1.54, 1.807) is 24.0 Å². The minimum absolute atomic E-state index is 0.0296. The van der Waals surface area contributed by atoms with Crippen molar-refractivity contribution in [2.75, 3.05) is 39.8 Å². The van der Waals surface area contributed by atoms with Crippen LogP contribution in [-0.2, 0) is 6.54 Å². The number of ether oxygens (including phenoxy) is 1. The molecular weight excluding hydrogens is 406 g/mol. The van der Waals surface area contributed by atoms with Gasteiger partial charge >= 0.3 is 0 Å². The number of benzene rings is 1. The number of hydrogen-bond acceptors (Lipinski definition) is 6. The molecule has 1 aliphatic heterocycles. The van der Waals surface area contributed by atoms with Gasteiger partial charge in [-0.1, -0.05) is 19.1 Å². The van der Waals surface area contributed by atoms with E-state index in [2.05, 4.69) is 16.7 Å². The zero-order valence-electron chi connectivity index (χ0n) is 19.0. The maximum atomic E-state index is 13.7. The summed E-state index contributed by atoms with van der Waals surface area (Å²) < 4.78 is 12.5. The minimum Gasteiger partial charge on any atom is -0.507 e. The molecule has 0 saturated carbocycles. The topological polar surface area (TPSA) is 71.1 Å². The van der Waals surface area contributed by atoms with Crippen LogP contribution in [0.4, 0.5) is 0 Å². The zero-order valence-corrected chi connectivity index (χ0v) is 19.0. The third-order valence-electron chi connectivity index (χ3n) is 6.34. The van der Waals surface area contributed by atoms with E-state index in [0.29, 0.717) is 23.6 Å². The van der Waals surface area contributed by atoms with Crippen LogP contribution >= 0.6 is 0 Å². The minimum atomic E-state index is -0.351. The van der Waals surface area contributed by atoms with E-state index in [4.69, 9.17) is 9.15 Å². The first kappa shape index (κ1) is 22.2.